The largest absolute Gasteiger partial charge is 0.479 e. The van der Waals surface area contributed by atoms with Gasteiger partial charge in [0.2, 0.25) is 5.88 Å². The van der Waals surface area contributed by atoms with E-state index in [0.29, 0.717) is 29.7 Å². The standard InChI is InChI=1S/C8H14N4O2S/c1-14-8-6(9)7(11-5-12-8)10-3-4-15(2)13/h5H,3-4,9H2,1-2H3,(H,10,11,12). The van der Waals surface area contributed by atoms with Gasteiger partial charge in [-0.3, -0.25) is 4.21 Å². The zero-order valence-electron chi connectivity index (χ0n) is 8.69. The van der Waals surface area contributed by atoms with Gasteiger partial charge in [0, 0.05) is 29.4 Å². The fourth-order valence-corrected chi connectivity index (χ4v) is 1.39. The van der Waals surface area contributed by atoms with Crippen molar-refractivity contribution in [3.63, 3.8) is 0 Å². The van der Waals surface area contributed by atoms with Crippen LogP contribution in [-0.4, -0.2) is 39.8 Å². The maximum atomic E-state index is 10.8. The molecule has 1 aromatic heterocycles. The molecule has 1 atom stereocenters. The highest BCUT2D eigenvalue weighted by molar-refractivity contribution is 7.84. The number of anilines is 2. The first kappa shape index (κ1) is 11.7. The number of hydrogen-bond acceptors (Lipinski definition) is 6. The number of hydrogen-bond donors (Lipinski definition) is 2. The lowest BCUT2D eigenvalue weighted by atomic mass is 10.4. The fourth-order valence-electron chi connectivity index (χ4n) is 0.996. The zero-order chi connectivity index (χ0) is 11.3. The zero-order valence-corrected chi connectivity index (χ0v) is 9.50. The first-order chi connectivity index (χ1) is 7.15. The van der Waals surface area contributed by atoms with E-state index in [4.69, 9.17) is 10.5 Å². The monoisotopic (exact) mass is 230 g/mol. The number of nitrogens with one attached hydrogen (secondary N) is 1. The summed E-state index contributed by atoms with van der Waals surface area (Å²) in [6, 6.07) is 0. The maximum absolute atomic E-state index is 10.8. The summed E-state index contributed by atoms with van der Waals surface area (Å²) in [6.45, 7) is 0.549. The molecule has 84 valence electrons. The van der Waals surface area contributed by atoms with E-state index in [1.807, 2.05) is 0 Å². The van der Waals surface area contributed by atoms with E-state index < -0.39 is 10.8 Å². The molecule has 1 heterocycles. The lowest BCUT2D eigenvalue weighted by Crippen LogP contribution is -2.13. The van der Waals surface area contributed by atoms with Gasteiger partial charge in [-0.25, -0.2) is 4.98 Å². The topological polar surface area (TPSA) is 90.1 Å². The number of nitrogens with zero attached hydrogens (tertiary/aromatic N) is 2. The maximum Gasteiger partial charge on any atom is 0.242 e. The second kappa shape index (κ2) is 5.50. The second-order valence-electron chi connectivity index (χ2n) is 2.85. The van der Waals surface area contributed by atoms with Gasteiger partial charge in [-0.15, -0.1) is 0 Å². The van der Waals surface area contributed by atoms with Crippen molar-refractivity contribution in [3.8, 4) is 5.88 Å². The third kappa shape index (κ3) is 3.35. The van der Waals surface area contributed by atoms with Crippen LogP contribution in [0, 0.1) is 0 Å². The van der Waals surface area contributed by atoms with Crippen LogP contribution in [0.25, 0.3) is 0 Å². The Morgan fingerprint density at radius 3 is 2.93 bits per heavy atom. The highest BCUT2D eigenvalue weighted by atomic mass is 32.2. The van der Waals surface area contributed by atoms with Crippen molar-refractivity contribution in [2.45, 2.75) is 0 Å². The summed E-state index contributed by atoms with van der Waals surface area (Å²) in [4.78, 5) is 7.80. The van der Waals surface area contributed by atoms with Crippen molar-refractivity contribution in [1.29, 1.82) is 0 Å². The van der Waals surface area contributed by atoms with Gasteiger partial charge in [0.1, 0.15) is 12.0 Å². The van der Waals surface area contributed by atoms with Gasteiger partial charge < -0.3 is 15.8 Å². The molecule has 15 heavy (non-hydrogen) atoms. The van der Waals surface area contributed by atoms with Gasteiger partial charge in [0.25, 0.3) is 0 Å². The molecule has 0 radical (unpaired) electrons. The van der Waals surface area contributed by atoms with Gasteiger partial charge >= 0.3 is 0 Å². The van der Waals surface area contributed by atoms with Crippen molar-refractivity contribution in [2.24, 2.45) is 0 Å². The smallest absolute Gasteiger partial charge is 0.242 e. The number of ether oxygens (including phenoxy) is 1. The minimum atomic E-state index is -0.831. The van der Waals surface area contributed by atoms with E-state index in [-0.39, 0.29) is 0 Å². The van der Waals surface area contributed by atoms with Gasteiger partial charge in [-0.1, -0.05) is 0 Å². The highest BCUT2D eigenvalue weighted by Gasteiger charge is 2.07. The van der Waals surface area contributed by atoms with E-state index in [1.165, 1.54) is 13.4 Å². The molecule has 1 aromatic rings. The van der Waals surface area contributed by atoms with Gasteiger partial charge in [-0.2, -0.15) is 4.98 Å². The molecule has 0 amide bonds. The summed E-state index contributed by atoms with van der Waals surface area (Å²) < 4.78 is 15.8. The molecule has 0 aromatic carbocycles. The van der Waals surface area contributed by atoms with Crippen molar-refractivity contribution >= 4 is 22.3 Å². The van der Waals surface area contributed by atoms with Crippen molar-refractivity contribution in [3.05, 3.63) is 6.33 Å². The van der Waals surface area contributed by atoms with Crippen LogP contribution in [0.1, 0.15) is 0 Å². The Kier molecular flexibility index (Phi) is 4.29. The van der Waals surface area contributed by atoms with Gasteiger partial charge in [0.05, 0.1) is 7.11 Å². The molecule has 0 aliphatic rings. The molecule has 0 fully saturated rings. The van der Waals surface area contributed by atoms with E-state index in [2.05, 4.69) is 15.3 Å². The van der Waals surface area contributed by atoms with Crippen LogP contribution in [-0.2, 0) is 10.8 Å². The summed E-state index contributed by atoms with van der Waals surface area (Å²) >= 11 is 0. The van der Waals surface area contributed by atoms with Crippen molar-refractivity contribution in [1.82, 2.24) is 9.97 Å². The number of nitrogen functional groups attached to an aromatic ring is 1. The number of nitrogens with two attached hydrogens (primary N) is 1. The quantitative estimate of drug-likeness (QED) is 0.731. The summed E-state index contributed by atoms with van der Waals surface area (Å²) in [5.74, 6) is 1.39. The summed E-state index contributed by atoms with van der Waals surface area (Å²) in [7, 11) is 0.659. The SMILES string of the molecule is COc1ncnc(NCCS(C)=O)c1N. The van der Waals surface area contributed by atoms with Crippen LogP contribution in [0.2, 0.25) is 0 Å². The molecule has 3 N–H and O–H groups in total. The van der Waals surface area contributed by atoms with Crippen molar-refractivity contribution < 1.29 is 8.95 Å². The van der Waals surface area contributed by atoms with Gasteiger partial charge in [0.15, 0.2) is 5.82 Å². The molecule has 0 saturated heterocycles. The Bertz CT molecular complexity index is 358. The molecular weight excluding hydrogens is 216 g/mol. The first-order valence-corrected chi connectivity index (χ1v) is 6.06. The van der Waals surface area contributed by atoms with Crippen LogP contribution >= 0.6 is 0 Å². The van der Waals surface area contributed by atoms with E-state index in [1.54, 1.807) is 6.26 Å². The Labute approximate surface area is 90.7 Å². The molecule has 0 saturated carbocycles. The first-order valence-electron chi connectivity index (χ1n) is 4.33. The average Bonchev–Trinajstić information content (AvgIpc) is 2.20. The van der Waals surface area contributed by atoms with Crippen LogP contribution in [0.3, 0.4) is 0 Å². The number of aromatic nitrogens is 2. The molecule has 1 rings (SSSR count). The summed E-state index contributed by atoms with van der Waals surface area (Å²) in [5, 5.41) is 2.97. The van der Waals surface area contributed by atoms with E-state index in [0.717, 1.165) is 0 Å². The Hall–Kier alpha value is -1.37. The minimum absolute atomic E-state index is 0.338. The van der Waals surface area contributed by atoms with Crippen LogP contribution in [0.15, 0.2) is 6.33 Å². The molecule has 6 nitrogen and oxygen atoms in total. The molecule has 0 spiro atoms. The van der Waals surface area contributed by atoms with Crippen LogP contribution < -0.4 is 15.8 Å². The minimum Gasteiger partial charge on any atom is -0.479 e. The second-order valence-corrected chi connectivity index (χ2v) is 4.40. The number of rotatable bonds is 5. The molecule has 0 bridgehead atoms. The highest BCUT2D eigenvalue weighted by Crippen LogP contribution is 2.23. The summed E-state index contributed by atoms with van der Waals surface area (Å²) in [5.41, 5.74) is 6.09. The average molecular weight is 230 g/mol. The molecule has 0 aliphatic heterocycles. The Morgan fingerprint density at radius 2 is 2.33 bits per heavy atom. The third-order valence-electron chi connectivity index (χ3n) is 1.72. The molecular formula is C8H14N4O2S. The lowest BCUT2D eigenvalue weighted by molar-refractivity contribution is 0.399. The third-order valence-corrected chi connectivity index (χ3v) is 2.50. The molecule has 1 unspecified atom stereocenters. The Morgan fingerprint density at radius 1 is 1.60 bits per heavy atom. The predicted octanol–water partition coefficient (Wildman–Crippen LogP) is -0.142. The van der Waals surface area contributed by atoms with Crippen LogP contribution in [0.4, 0.5) is 11.5 Å². The van der Waals surface area contributed by atoms with Crippen LogP contribution in [0.5, 0.6) is 5.88 Å². The fraction of sp³-hybridized carbons (Fsp3) is 0.500. The Balaban J connectivity index is 2.64. The number of methoxy groups -OCH3 is 1. The predicted molar refractivity (Wildman–Crippen MR) is 60.4 cm³/mol. The van der Waals surface area contributed by atoms with E-state index in [9.17, 15) is 4.21 Å². The normalized spacial score (nSPS) is 12.1. The van der Waals surface area contributed by atoms with Crippen molar-refractivity contribution in [2.75, 3.05) is 36.7 Å². The van der Waals surface area contributed by atoms with Gasteiger partial charge in [-0.05, 0) is 0 Å². The molecule has 7 heteroatoms. The van der Waals surface area contributed by atoms with E-state index >= 15 is 0 Å². The lowest BCUT2D eigenvalue weighted by Gasteiger charge is -2.09. The summed E-state index contributed by atoms with van der Waals surface area (Å²) in [6.07, 6.45) is 3.01. The molecule has 0 aliphatic carbocycles.